The van der Waals surface area contributed by atoms with E-state index < -0.39 is 0 Å². The van der Waals surface area contributed by atoms with Crippen LogP contribution in [-0.2, 0) is 0 Å². The quantitative estimate of drug-likeness (QED) is 0.649. The van der Waals surface area contributed by atoms with Crippen molar-refractivity contribution in [2.45, 2.75) is 26.2 Å². The van der Waals surface area contributed by atoms with Crippen molar-refractivity contribution in [2.24, 2.45) is 0 Å². The fraction of sp³-hybridized carbons (Fsp3) is 0.385. The number of fused-ring (bicyclic) bond motifs is 1. The van der Waals surface area contributed by atoms with Gasteiger partial charge in [0.1, 0.15) is 0 Å². The van der Waals surface area contributed by atoms with Crippen molar-refractivity contribution in [3.05, 3.63) is 45.6 Å². The molecule has 1 N–H and O–H groups in total. The van der Waals surface area contributed by atoms with Gasteiger partial charge in [0.2, 0.25) is 6.54 Å². The number of nitrogens with zero attached hydrogens (tertiary/aromatic N) is 1. The highest BCUT2D eigenvalue weighted by Gasteiger charge is 2.19. The Kier molecular flexibility index (Phi) is 3.13. The second-order valence-electron chi connectivity index (χ2n) is 4.41. The van der Waals surface area contributed by atoms with E-state index in [1.807, 2.05) is 32.2 Å². The summed E-state index contributed by atoms with van der Waals surface area (Å²) in [6, 6.07) is 6.15. The summed E-state index contributed by atoms with van der Waals surface area (Å²) in [5.74, 6) is -0.0125. The predicted molar refractivity (Wildman–Crippen MR) is 67.9 cm³/mol. The van der Waals surface area contributed by atoms with E-state index in [1.54, 1.807) is 0 Å². The fourth-order valence-electron chi connectivity index (χ4n) is 2.23. The molecule has 0 fully saturated rings. The number of aryl methyl sites for hydroxylation is 1. The number of nitro groups is 1. The monoisotopic (exact) mass is 232 g/mol. The molecule has 0 aliphatic heterocycles. The average molecular weight is 232 g/mol. The second-order valence-corrected chi connectivity index (χ2v) is 4.41. The van der Waals surface area contributed by atoms with Crippen LogP contribution in [0, 0.1) is 17.0 Å². The maximum Gasteiger partial charge on any atom is 0.210 e. The number of nitrogens with one attached hydrogen (secondary N) is 1. The zero-order valence-corrected chi connectivity index (χ0v) is 10.1. The topological polar surface area (TPSA) is 58.9 Å². The van der Waals surface area contributed by atoms with E-state index in [0.717, 1.165) is 22.9 Å². The normalized spacial score (nSPS) is 12.8. The van der Waals surface area contributed by atoms with Gasteiger partial charge in [0.25, 0.3) is 0 Å². The number of rotatable bonds is 4. The lowest BCUT2D eigenvalue weighted by Gasteiger charge is -2.08. The van der Waals surface area contributed by atoms with Crippen molar-refractivity contribution in [1.29, 1.82) is 0 Å². The number of hydrogen-bond acceptors (Lipinski definition) is 2. The van der Waals surface area contributed by atoms with Crippen molar-refractivity contribution in [1.82, 2.24) is 4.98 Å². The van der Waals surface area contributed by atoms with Crippen LogP contribution in [0.15, 0.2) is 24.4 Å². The Hall–Kier alpha value is -1.84. The highest BCUT2D eigenvalue weighted by Crippen LogP contribution is 2.28. The third-order valence-electron chi connectivity index (χ3n) is 3.17. The van der Waals surface area contributed by atoms with Gasteiger partial charge in [-0.1, -0.05) is 19.1 Å². The van der Waals surface area contributed by atoms with Crippen LogP contribution in [0.3, 0.4) is 0 Å². The molecule has 2 rings (SSSR count). The van der Waals surface area contributed by atoms with E-state index in [9.17, 15) is 10.1 Å². The van der Waals surface area contributed by atoms with Crippen molar-refractivity contribution < 1.29 is 4.92 Å². The Morgan fingerprint density at radius 2 is 2.24 bits per heavy atom. The lowest BCUT2D eigenvalue weighted by molar-refractivity contribution is -0.483. The van der Waals surface area contributed by atoms with Gasteiger partial charge in [0.15, 0.2) is 0 Å². The van der Waals surface area contributed by atoms with Crippen LogP contribution in [-0.4, -0.2) is 16.5 Å². The summed E-state index contributed by atoms with van der Waals surface area (Å²) in [5.41, 5.74) is 3.30. The molecule has 1 aromatic heterocycles. The molecule has 1 atom stereocenters. The number of H-pyrrole nitrogens is 1. The Bertz CT molecular complexity index is 545. The summed E-state index contributed by atoms with van der Waals surface area (Å²) < 4.78 is 0. The van der Waals surface area contributed by atoms with Crippen molar-refractivity contribution >= 4 is 10.9 Å². The van der Waals surface area contributed by atoms with E-state index in [4.69, 9.17) is 0 Å². The minimum atomic E-state index is -0.235. The van der Waals surface area contributed by atoms with E-state index in [-0.39, 0.29) is 17.4 Å². The molecule has 0 spiro atoms. The van der Waals surface area contributed by atoms with Crippen LogP contribution >= 0.6 is 0 Å². The van der Waals surface area contributed by atoms with E-state index >= 15 is 0 Å². The molecule has 4 nitrogen and oxygen atoms in total. The lowest BCUT2D eigenvalue weighted by Crippen LogP contribution is -2.11. The summed E-state index contributed by atoms with van der Waals surface area (Å²) >= 11 is 0. The van der Waals surface area contributed by atoms with Gasteiger partial charge in [-0.15, -0.1) is 0 Å². The standard InChI is InChI=1S/C13H16N2O2/c1-3-10(8-15(16)17)12-7-14-13-6-9(2)4-5-11(12)13/h4-7,10,14H,3,8H2,1-2H3. The highest BCUT2D eigenvalue weighted by molar-refractivity contribution is 5.84. The van der Waals surface area contributed by atoms with Crippen molar-refractivity contribution in [3.8, 4) is 0 Å². The Balaban J connectivity index is 2.43. The summed E-state index contributed by atoms with van der Waals surface area (Å²) in [6.45, 7) is 4.02. The lowest BCUT2D eigenvalue weighted by atomic mass is 9.96. The predicted octanol–water partition coefficient (Wildman–Crippen LogP) is 3.25. The fourth-order valence-corrected chi connectivity index (χ4v) is 2.23. The Morgan fingerprint density at radius 1 is 1.47 bits per heavy atom. The third kappa shape index (κ3) is 2.30. The van der Waals surface area contributed by atoms with E-state index in [1.165, 1.54) is 5.56 Å². The molecule has 0 aliphatic carbocycles. The number of benzene rings is 1. The molecule has 0 amide bonds. The van der Waals surface area contributed by atoms with Gasteiger partial charge in [-0.25, -0.2) is 0 Å². The van der Waals surface area contributed by atoms with Crippen LogP contribution in [0.4, 0.5) is 0 Å². The van der Waals surface area contributed by atoms with E-state index in [0.29, 0.717) is 0 Å². The van der Waals surface area contributed by atoms with Gasteiger partial charge in [0.05, 0.1) is 5.92 Å². The minimum absolute atomic E-state index is 0.00265. The first-order valence-electron chi connectivity index (χ1n) is 5.81. The molecule has 0 saturated heterocycles. The molecule has 1 aromatic carbocycles. The summed E-state index contributed by atoms with van der Waals surface area (Å²) in [4.78, 5) is 13.6. The number of aromatic amines is 1. The SMILES string of the molecule is CCC(C[N+](=O)[O-])c1c[nH]c2cc(C)ccc12. The molecular formula is C13H16N2O2. The van der Waals surface area contributed by atoms with Gasteiger partial charge >= 0.3 is 0 Å². The summed E-state index contributed by atoms with van der Waals surface area (Å²) in [6.07, 6.45) is 2.68. The van der Waals surface area contributed by atoms with Gasteiger partial charge in [-0.2, -0.15) is 0 Å². The second kappa shape index (κ2) is 4.57. The van der Waals surface area contributed by atoms with Crippen LogP contribution in [0.5, 0.6) is 0 Å². The van der Waals surface area contributed by atoms with Gasteiger partial charge in [-0.05, 0) is 30.5 Å². The molecule has 17 heavy (non-hydrogen) atoms. The van der Waals surface area contributed by atoms with Gasteiger partial charge < -0.3 is 4.98 Å². The van der Waals surface area contributed by atoms with Crippen LogP contribution < -0.4 is 0 Å². The Morgan fingerprint density at radius 3 is 2.88 bits per heavy atom. The zero-order valence-electron chi connectivity index (χ0n) is 10.1. The molecule has 2 aromatic rings. The number of hydrogen-bond donors (Lipinski definition) is 1. The maximum atomic E-state index is 10.6. The molecule has 90 valence electrons. The first-order valence-corrected chi connectivity index (χ1v) is 5.81. The molecule has 4 heteroatoms. The van der Waals surface area contributed by atoms with Crippen LogP contribution in [0.25, 0.3) is 10.9 Å². The summed E-state index contributed by atoms with van der Waals surface area (Å²) in [7, 11) is 0. The molecule has 1 unspecified atom stereocenters. The molecule has 0 bridgehead atoms. The zero-order chi connectivity index (χ0) is 12.4. The van der Waals surface area contributed by atoms with E-state index in [2.05, 4.69) is 11.1 Å². The van der Waals surface area contributed by atoms with Crippen LogP contribution in [0.2, 0.25) is 0 Å². The Labute approximate surface area is 99.8 Å². The molecule has 0 radical (unpaired) electrons. The highest BCUT2D eigenvalue weighted by atomic mass is 16.6. The van der Waals surface area contributed by atoms with Crippen molar-refractivity contribution in [2.75, 3.05) is 6.54 Å². The molecule has 0 aliphatic rings. The minimum Gasteiger partial charge on any atom is -0.361 e. The largest absolute Gasteiger partial charge is 0.361 e. The van der Waals surface area contributed by atoms with Gasteiger partial charge in [0, 0.05) is 22.0 Å². The smallest absolute Gasteiger partial charge is 0.210 e. The average Bonchev–Trinajstić information content (AvgIpc) is 2.68. The molecular weight excluding hydrogens is 216 g/mol. The first kappa shape index (κ1) is 11.6. The van der Waals surface area contributed by atoms with Gasteiger partial charge in [-0.3, -0.25) is 10.1 Å². The van der Waals surface area contributed by atoms with Crippen molar-refractivity contribution in [3.63, 3.8) is 0 Å². The van der Waals surface area contributed by atoms with Crippen LogP contribution in [0.1, 0.15) is 30.4 Å². The first-order chi connectivity index (χ1) is 8.11. The third-order valence-corrected chi connectivity index (χ3v) is 3.17. The summed E-state index contributed by atoms with van der Waals surface area (Å²) in [5, 5.41) is 11.8. The maximum absolute atomic E-state index is 10.6. The molecule has 1 heterocycles. The number of aromatic nitrogens is 1. The molecule has 0 saturated carbocycles.